The van der Waals surface area contributed by atoms with Gasteiger partial charge in [-0.3, -0.25) is 14.5 Å². The van der Waals surface area contributed by atoms with Crippen LogP contribution >= 0.6 is 0 Å². The number of nitrogens with one attached hydrogen (secondary N) is 1. The number of ketones is 1. The average molecular weight is 265 g/mol. The van der Waals surface area contributed by atoms with Gasteiger partial charge in [-0.15, -0.1) is 0 Å². The molecular formula is C14H23N3O2. The average Bonchev–Trinajstić information content (AvgIpc) is 2.73. The highest BCUT2D eigenvalue weighted by Gasteiger charge is 2.16. The van der Waals surface area contributed by atoms with Crippen molar-refractivity contribution in [1.29, 1.82) is 0 Å². The summed E-state index contributed by atoms with van der Waals surface area (Å²) in [6.07, 6.45) is 1.84. The first-order valence-electron chi connectivity index (χ1n) is 6.60. The van der Waals surface area contributed by atoms with Crippen LogP contribution in [0.4, 0.5) is 0 Å². The van der Waals surface area contributed by atoms with E-state index in [-0.39, 0.29) is 30.8 Å². The number of carbonyl (C=O) groups excluding carboxylic acids is 2. The molecule has 0 saturated heterocycles. The lowest BCUT2D eigenvalue weighted by Gasteiger charge is -2.20. The van der Waals surface area contributed by atoms with Crippen LogP contribution in [-0.4, -0.2) is 46.8 Å². The van der Waals surface area contributed by atoms with E-state index < -0.39 is 0 Å². The van der Waals surface area contributed by atoms with Gasteiger partial charge >= 0.3 is 0 Å². The third-order valence-electron chi connectivity index (χ3n) is 2.86. The molecule has 0 unspecified atom stereocenters. The number of carbonyl (C=O) groups is 2. The topological polar surface area (TPSA) is 54.3 Å². The Hall–Kier alpha value is -1.62. The summed E-state index contributed by atoms with van der Waals surface area (Å²) in [4.78, 5) is 25.6. The zero-order valence-corrected chi connectivity index (χ0v) is 12.1. The van der Waals surface area contributed by atoms with Crippen molar-refractivity contribution in [2.75, 3.05) is 19.6 Å². The minimum atomic E-state index is -0.0449. The van der Waals surface area contributed by atoms with Gasteiger partial charge in [0.25, 0.3) is 0 Å². The molecule has 0 atom stereocenters. The van der Waals surface area contributed by atoms with Gasteiger partial charge in [0.15, 0.2) is 5.78 Å². The first-order chi connectivity index (χ1) is 8.93. The second-order valence-electron chi connectivity index (χ2n) is 4.95. The van der Waals surface area contributed by atoms with Crippen LogP contribution in [0.5, 0.6) is 0 Å². The Kier molecular flexibility index (Phi) is 5.76. The van der Waals surface area contributed by atoms with Crippen LogP contribution in [-0.2, 0) is 11.8 Å². The van der Waals surface area contributed by atoms with Crippen LogP contribution < -0.4 is 5.32 Å². The van der Waals surface area contributed by atoms with Gasteiger partial charge < -0.3 is 9.88 Å². The molecule has 0 radical (unpaired) electrons. The van der Waals surface area contributed by atoms with E-state index in [2.05, 4.69) is 5.32 Å². The molecule has 19 heavy (non-hydrogen) atoms. The van der Waals surface area contributed by atoms with E-state index in [1.165, 1.54) is 0 Å². The zero-order chi connectivity index (χ0) is 14.4. The molecule has 0 saturated carbocycles. The van der Waals surface area contributed by atoms with Crippen LogP contribution in [0.25, 0.3) is 0 Å². The molecule has 1 rings (SSSR count). The van der Waals surface area contributed by atoms with Gasteiger partial charge in [-0.2, -0.15) is 0 Å². The number of likely N-dealkylation sites (N-methyl/N-ethyl adjacent to an activating group) is 1. The number of hydrogen-bond acceptors (Lipinski definition) is 3. The van der Waals surface area contributed by atoms with Gasteiger partial charge in [0.05, 0.1) is 18.8 Å². The third kappa shape index (κ3) is 4.87. The maximum atomic E-state index is 12.1. The lowest BCUT2D eigenvalue weighted by atomic mass is 10.2. The van der Waals surface area contributed by atoms with E-state index in [4.69, 9.17) is 0 Å². The second-order valence-corrected chi connectivity index (χ2v) is 4.95. The first-order valence-corrected chi connectivity index (χ1v) is 6.60. The Morgan fingerprint density at radius 2 is 2.05 bits per heavy atom. The van der Waals surface area contributed by atoms with E-state index in [1.54, 1.807) is 10.6 Å². The highest BCUT2D eigenvalue weighted by atomic mass is 16.2. The minimum absolute atomic E-state index is 0.0340. The van der Waals surface area contributed by atoms with E-state index in [0.717, 1.165) is 0 Å². The molecule has 0 spiro atoms. The van der Waals surface area contributed by atoms with E-state index in [1.807, 2.05) is 45.0 Å². The number of aryl methyl sites for hydroxylation is 1. The largest absolute Gasteiger partial charge is 0.353 e. The zero-order valence-electron chi connectivity index (χ0n) is 12.1. The number of aromatic nitrogens is 1. The quantitative estimate of drug-likeness (QED) is 0.750. The normalized spacial score (nSPS) is 11.1. The van der Waals surface area contributed by atoms with Crippen LogP contribution in [0.15, 0.2) is 18.3 Å². The maximum absolute atomic E-state index is 12.1. The van der Waals surface area contributed by atoms with Gasteiger partial charge in [-0.1, -0.05) is 6.92 Å². The predicted octanol–water partition coefficient (Wildman–Crippen LogP) is 1.05. The van der Waals surface area contributed by atoms with E-state index in [9.17, 15) is 9.59 Å². The van der Waals surface area contributed by atoms with Crippen LogP contribution in [0.2, 0.25) is 0 Å². The minimum Gasteiger partial charge on any atom is -0.353 e. The number of Topliss-reactive ketones (excluding diaryl/α,β-unsaturated/α-hetero) is 1. The molecule has 0 aliphatic carbocycles. The van der Waals surface area contributed by atoms with E-state index >= 15 is 0 Å². The Bertz CT molecular complexity index is 438. The second kappa shape index (κ2) is 7.09. The van der Waals surface area contributed by atoms with Crippen LogP contribution in [0.3, 0.4) is 0 Å². The molecule has 0 aromatic carbocycles. The number of amides is 1. The molecule has 1 aromatic rings. The third-order valence-corrected chi connectivity index (χ3v) is 2.86. The lowest BCUT2D eigenvalue weighted by molar-refractivity contribution is -0.122. The predicted molar refractivity (Wildman–Crippen MR) is 75.1 cm³/mol. The molecule has 106 valence electrons. The molecule has 5 nitrogen and oxygen atoms in total. The fourth-order valence-electron chi connectivity index (χ4n) is 1.89. The molecule has 1 amide bonds. The van der Waals surface area contributed by atoms with Crippen molar-refractivity contribution in [3.8, 4) is 0 Å². The highest BCUT2D eigenvalue weighted by Crippen LogP contribution is 2.02. The van der Waals surface area contributed by atoms with Crippen LogP contribution in [0, 0.1) is 0 Å². The summed E-state index contributed by atoms with van der Waals surface area (Å²) < 4.78 is 1.80. The Morgan fingerprint density at radius 3 is 2.53 bits per heavy atom. The van der Waals surface area contributed by atoms with Gasteiger partial charge in [0.1, 0.15) is 0 Å². The molecule has 0 aliphatic heterocycles. The molecule has 0 fully saturated rings. The molecule has 1 aromatic heterocycles. The van der Waals surface area contributed by atoms with Gasteiger partial charge in [-0.25, -0.2) is 0 Å². The number of rotatable bonds is 7. The molecular weight excluding hydrogens is 242 g/mol. The van der Waals surface area contributed by atoms with Crippen molar-refractivity contribution in [3.63, 3.8) is 0 Å². The Balaban J connectivity index is 2.55. The summed E-state index contributed by atoms with van der Waals surface area (Å²) in [5.41, 5.74) is 0.669. The van der Waals surface area contributed by atoms with Crippen molar-refractivity contribution in [2.45, 2.75) is 26.8 Å². The standard InChI is InChI=1S/C14H23N3O2/c1-5-17(10-14(19)15-11(2)3)9-13(18)12-7-6-8-16(12)4/h6-8,11H,5,9-10H2,1-4H3,(H,15,19). The monoisotopic (exact) mass is 265 g/mol. The van der Waals surface area contributed by atoms with Gasteiger partial charge in [0, 0.05) is 19.3 Å². The summed E-state index contributed by atoms with van der Waals surface area (Å²) in [5.74, 6) is -0.0109. The molecule has 0 bridgehead atoms. The molecule has 1 heterocycles. The number of hydrogen-bond donors (Lipinski definition) is 1. The summed E-state index contributed by atoms with van der Waals surface area (Å²) in [6, 6.07) is 3.76. The van der Waals surface area contributed by atoms with Crippen molar-refractivity contribution in [2.24, 2.45) is 7.05 Å². The summed E-state index contributed by atoms with van der Waals surface area (Å²) >= 11 is 0. The SMILES string of the molecule is CCN(CC(=O)NC(C)C)CC(=O)c1cccn1C. The van der Waals surface area contributed by atoms with Crippen molar-refractivity contribution in [1.82, 2.24) is 14.8 Å². The fourth-order valence-corrected chi connectivity index (χ4v) is 1.89. The van der Waals surface area contributed by atoms with Crippen molar-refractivity contribution < 1.29 is 9.59 Å². The van der Waals surface area contributed by atoms with Crippen molar-refractivity contribution in [3.05, 3.63) is 24.0 Å². The fraction of sp³-hybridized carbons (Fsp3) is 0.571. The molecule has 0 aliphatic rings. The van der Waals surface area contributed by atoms with E-state index in [0.29, 0.717) is 12.2 Å². The van der Waals surface area contributed by atoms with Gasteiger partial charge in [0.2, 0.25) is 5.91 Å². The Labute approximate surface area is 114 Å². The highest BCUT2D eigenvalue weighted by molar-refractivity contribution is 5.96. The Morgan fingerprint density at radius 1 is 1.37 bits per heavy atom. The number of nitrogens with zero attached hydrogens (tertiary/aromatic N) is 2. The van der Waals surface area contributed by atoms with Crippen LogP contribution in [0.1, 0.15) is 31.3 Å². The summed E-state index contributed by atoms with van der Waals surface area (Å²) in [5, 5.41) is 2.83. The maximum Gasteiger partial charge on any atom is 0.234 e. The van der Waals surface area contributed by atoms with Crippen molar-refractivity contribution >= 4 is 11.7 Å². The lowest BCUT2D eigenvalue weighted by Crippen LogP contribution is -2.42. The first kappa shape index (κ1) is 15.4. The van der Waals surface area contributed by atoms with Gasteiger partial charge in [-0.05, 0) is 32.5 Å². The molecule has 5 heteroatoms. The molecule has 1 N–H and O–H groups in total. The summed E-state index contributed by atoms with van der Waals surface area (Å²) in [6.45, 7) is 6.97. The summed E-state index contributed by atoms with van der Waals surface area (Å²) in [7, 11) is 1.84. The smallest absolute Gasteiger partial charge is 0.234 e.